The summed E-state index contributed by atoms with van der Waals surface area (Å²) in [5.74, 6) is 0. The molecule has 0 spiro atoms. The molecule has 0 saturated carbocycles. The van der Waals surface area contributed by atoms with Crippen LogP contribution in [0.1, 0.15) is 19.5 Å². The highest BCUT2D eigenvalue weighted by Crippen LogP contribution is 2.14. The van der Waals surface area contributed by atoms with Crippen molar-refractivity contribution < 1.29 is 1.43 Å². The van der Waals surface area contributed by atoms with Crippen LogP contribution in [0.4, 0.5) is 0 Å². The zero-order valence-corrected chi connectivity index (χ0v) is 11.3. The zero-order chi connectivity index (χ0) is 12.8. The van der Waals surface area contributed by atoms with Gasteiger partial charge in [-0.2, -0.15) is 0 Å². The van der Waals surface area contributed by atoms with Crippen molar-refractivity contribution in [1.29, 1.82) is 0 Å². The second-order valence-electron chi connectivity index (χ2n) is 4.56. The molecule has 2 aromatic carbocycles. The van der Waals surface area contributed by atoms with Gasteiger partial charge in [0.1, 0.15) is 0 Å². The van der Waals surface area contributed by atoms with Crippen LogP contribution in [0.2, 0.25) is 5.02 Å². The van der Waals surface area contributed by atoms with Gasteiger partial charge in [0.2, 0.25) is 0 Å². The largest absolute Gasteiger partial charge is 1.00 e. The van der Waals surface area contributed by atoms with Crippen molar-refractivity contribution >= 4 is 11.6 Å². The fourth-order valence-electron chi connectivity index (χ4n) is 1.97. The summed E-state index contributed by atoms with van der Waals surface area (Å²) < 4.78 is 0. The van der Waals surface area contributed by atoms with Crippen LogP contribution < -0.4 is 5.32 Å². The van der Waals surface area contributed by atoms with E-state index in [4.69, 9.17) is 11.6 Å². The Morgan fingerprint density at radius 2 is 1.72 bits per heavy atom. The summed E-state index contributed by atoms with van der Waals surface area (Å²) in [5.41, 5.74) is 2.51. The smallest absolute Gasteiger partial charge is 0.310 e. The SMILES string of the molecule is CC(Cc1ccccc1)NCc1ccccc1Cl.[H+]. The summed E-state index contributed by atoms with van der Waals surface area (Å²) in [6, 6.07) is 18.9. The molecule has 2 aromatic rings. The van der Waals surface area contributed by atoms with E-state index >= 15 is 0 Å². The molecule has 0 aliphatic rings. The number of rotatable bonds is 5. The third-order valence-electron chi connectivity index (χ3n) is 2.98. The Bertz CT molecular complexity index is 487. The summed E-state index contributed by atoms with van der Waals surface area (Å²) in [6.45, 7) is 3.01. The minimum Gasteiger partial charge on any atom is -0.310 e. The lowest BCUT2D eigenvalue weighted by molar-refractivity contribution is 0.545. The van der Waals surface area contributed by atoms with Gasteiger partial charge in [0.15, 0.2) is 0 Å². The van der Waals surface area contributed by atoms with Crippen LogP contribution in [0.3, 0.4) is 0 Å². The molecule has 1 N–H and O–H groups in total. The van der Waals surface area contributed by atoms with E-state index in [1.807, 2.05) is 24.3 Å². The molecule has 0 saturated heterocycles. The monoisotopic (exact) mass is 260 g/mol. The minimum atomic E-state index is 0. The molecule has 0 aromatic heterocycles. The highest BCUT2D eigenvalue weighted by Gasteiger charge is 2.04. The second kappa shape index (κ2) is 6.58. The number of halogens is 1. The summed E-state index contributed by atoms with van der Waals surface area (Å²) in [5, 5.41) is 4.33. The molecule has 0 aliphatic carbocycles. The Kier molecular flexibility index (Phi) is 4.80. The molecule has 2 heteroatoms. The average molecular weight is 261 g/mol. The van der Waals surface area contributed by atoms with Gasteiger partial charge in [-0.3, -0.25) is 0 Å². The molecule has 94 valence electrons. The molecule has 0 heterocycles. The van der Waals surface area contributed by atoms with Gasteiger partial charge in [-0.05, 0) is 30.5 Å². The Balaban J connectivity index is 0.00000180. The maximum absolute atomic E-state index is 6.13. The minimum absolute atomic E-state index is 0. The molecule has 18 heavy (non-hydrogen) atoms. The predicted molar refractivity (Wildman–Crippen MR) is 79.0 cm³/mol. The molecule has 0 aliphatic heterocycles. The molecule has 0 bridgehead atoms. The molecule has 2 rings (SSSR count). The van der Waals surface area contributed by atoms with E-state index in [9.17, 15) is 0 Å². The standard InChI is InChI=1S/C16H18ClN/c1-13(11-14-7-3-2-4-8-14)18-12-15-9-5-6-10-16(15)17/h2-10,13,18H,11-12H2,1H3/p+1. The van der Waals surface area contributed by atoms with Crippen LogP contribution in [0.15, 0.2) is 54.6 Å². The lowest BCUT2D eigenvalue weighted by atomic mass is 10.1. The normalized spacial score (nSPS) is 12.3. The van der Waals surface area contributed by atoms with Crippen molar-refractivity contribution in [2.45, 2.75) is 25.9 Å². The van der Waals surface area contributed by atoms with E-state index in [1.54, 1.807) is 0 Å². The van der Waals surface area contributed by atoms with Gasteiger partial charge < -0.3 is 5.32 Å². The lowest BCUT2D eigenvalue weighted by Crippen LogP contribution is -2.27. The number of nitrogens with one attached hydrogen (secondary N) is 1. The first-order valence-corrected chi connectivity index (χ1v) is 6.64. The second-order valence-corrected chi connectivity index (χ2v) is 4.97. The van der Waals surface area contributed by atoms with Gasteiger partial charge in [-0.1, -0.05) is 60.1 Å². The maximum atomic E-state index is 6.13. The molecule has 1 nitrogen and oxygen atoms in total. The van der Waals surface area contributed by atoms with Crippen LogP contribution in [0.5, 0.6) is 0 Å². The van der Waals surface area contributed by atoms with Crippen molar-refractivity contribution in [1.82, 2.24) is 5.32 Å². The van der Waals surface area contributed by atoms with Crippen molar-refractivity contribution in [3.8, 4) is 0 Å². The van der Waals surface area contributed by atoms with E-state index in [2.05, 4.69) is 42.6 Å². The van der Waals surface area contributed by atoms with E-state index in [0.717, 1.165) is 23.6 Å². The summed E-state index contributed by atoms with van der Waals surface area (Å²) >= 11 is 6.13. The van der Waals surface area contributed by atoms with Gasteiger partial charge in [-0.15, -0.1) is 0 Å². The highest BCUT2D eigenvalue weighted by molar-refractivity contribution is 6.31. The van der Waals surface area contributed by atoms with Crippen molar-refractivity contribution in [3.05, 3.63) is 70.7 Å². The Morgan fingerprint density at radius 1 is 1.06 bits per heavy atom. The zero-order valence-electron chi connectivity index (χ0n) is 11.6. The number of hydrogen-bond donors (Lipinski definition) is 1. The molecule has 0 amide bonds. The van der Waals surface area contributed by atoms with Crippen LogP contribution in [0, 0.1) is 0 Å². The summed E-state index contributed by atoms with van der Waals surface area (Å²) in [4.78, 5) is 0. The predicted octanol–water partition coefficient (Wildman–Crippen LogP) is 4.17. The van der Waals surface area contributed by atoms with Crippen molar-refractivity contribution in [3.63, 3.8) is 0 Å². The first-order chi connectivity index (χ1) is 8.75. The topological polar surface area (TPSA) is 12.0 Å². The van der Waals surface area contributed by atoms with Crippen LogP contribution >= 0.6 is 11.6 Å². The Labute approximate surface area is 115 Å². The molecule has 0 fully saturated rings. The van der Waals surface area contributed by atoms with Crippen LogP contribution in [0.25, 0.3) is 0 Å². The third kappa shape index (κ3) is 3.86. The van der Waals surface area contributed by atoms with Gasteiger partial charge >= 0.3 is 1.43 Å². The van der Waals surface area contributed by atoms with Gasteiger partial charge in [0, 0.05) is 17.6 Å². The van der Waals surface area contributed by atoms with Crippen molar-refractivity contribution in [2.24, 2.45) is 0 Å². The van der Waals surface area contributed by atoms with Crippen LogP contribution in [-0.2, 0) is 13.0 Å². The molecule has 0 radical (unpaired) electrons. The Morgan fingerprint density at radius 3 is 2.44 bits per heavy atom. The van der Waals surface area contributed by atoms with Gasteiger partial charge in [0.25, 0.3) is 0 Å². The molecule has 1 unspecified atom stereocenters. The maximum Gasteiger partial charge on any atom is 1.00 e. The summed E-state index contributed by atoms with van der Waals surface area (Å²) in [6.07, 6.45) is 1.03. The Hall–Kier alpha value is -1.31. The number of hydrogen-bond acceptors (Lipinski definition) is 1. The quantitative estimate of drug-likeness (QED) is 0.851. The molecular weight excluding hydrogens is 242 g/mol. The van der Waals surface area contributed by atoms with E-state index in [1.165, 1.54) is 5.56 Å². The van der Waals surface area contributed by atoms with Crippen molar-refractivity contribution in [2.75, 3.05) is 0 Å². The molecule has 1 atom stereocenters. The third-order valence-corrected chi connectivity index (χ3v) is 3.35. The lowest BCUT2D eigenvalue weighted by Gasteiger charge is -2.14. The van der Waals surface area contributed by atoms with E-state index in [0.29, 0.717) is 6.04 Å². The highest BCUT2D eigenvalue weighted by atomic mass is 35.5. The number of benzene rings is 2. The molecular formula is C16H19ClN+. The van der Waals surface area contributed by atoms with E-state index in [-0.39, 0.29) is 1.43 Å². The van der Waals surface area contributed by atoms with Crippen LogP contribution in [-0.4, -0.2) is 6.04 Å². The first-order valence-electron chi connectivity index (χ1n) is 6.26. The van der Waals surface area contributed by atoms with Gasteiger partial charge in [-0.25, -0.2) is 0 Å². The van der Waals surface area contributed by atoms with E-state index < -0.39 is 0 Å². The van der Waals surface area contributed by atoms with Gasteiger partial charge in [0.05, 0.1) is 0 Å². The first kappa shape index (κ1) is 13.1. The fourth-order valence-corrected chi connectivity index (χ4v) is 2.17. The fraction of sp³-hybridized carbons (Fsp3) is 0.250. The summed E-state index contributed by atoms with van der Waals surface area (Å²) in [7, 11) is 0. The average Bonchev–Trinajstić information content (AvgIpc) is 2.39.